The molecule has 3 heteroatoms. The van der Waals surface area contributed by atoms with Crippen molar-refractivity contribution in [2.45, 2.75) is 52.0 Å². The molecule has 3 saturated carbocycles. The van der Waals surface area contributed by atoms with Gasteiger partial charge in [-0.3, -0.25) is 9.48 Å². The molecule has 5 unspecified atom stereocenters. The van der Waals surface area contributed by atoms with Gasteiger partial charge in [0.25, 0.3) is 0 Å². The second kappa shape index (κ2) is 4.44. The molecular formula is C17H24N2O. The molecule has 0 spiro atoms. The van der Waals surface area contributed by atoms with Crippen LogP contribution in [0.25, 0.3) is 0 Å². The monoisotopic (exact) mass is 272 g/mol. The fourth-order valence-electron chi connectivity index (χ4n) is 4.96. The van der Waals surface area contributed by atoms with Crippen molar-refractivity contribution in [2.75, 3.05) is 0 Å². The summed E-state index contributed by atoms with van der Waals surface area (Å²) < 4.78 is 2.00. The number of carbonyl (C=O) groups excluding carboxylic acids is 1. The summed E-state index contributed by atoms with van der Waals surface area (Å²) in [4.78, 5) is 12.5. The Bertz CT molecular complexity index is 519. The van der Waals surface area contributed by atoms with Gasteiger partial charge in [-0.15, -0.1) is 0 Å². The summed E-state index contributed by atoms with van der Waals surface area (Å²) in [5.74, 6) is 4.16. The fraction of sp³-hybridized carbons (Fsp3) is 0.765. The zero-order valence-electron chi connectivity index (χ0n) is 12.5. The maximum absolute atomic E-state index is 12.5. The van der Waals surface area contributed by atoms with E-state index >= 15 is 0 Å². The third-order valence-corrected chi connectivity index (χ3v) is 6.17. The molecule has 3 aliphatic carbocycles. The number of hydrogen-bond acceptors (Lipinski definition) is 2. The molecule has 5 atom stereocenters. The molecular weight excluding hydrogens is 248 g/mol. The minimum absolute atomic E-state index is 0.398. The van der Waals surface area contributed by atoms with Crippen molar-refractivity contribution >= 4 is 5.78 Å². The number of Topliss-reactive ketones (excluding diaryl/α,β-unsaturated/α-hetero) is 1. The highest BCUT2D eigenvalue weighted by Crippen LogP contribution is 2.69. The summed E-state index contributed by atoms with van der Waals surface area (Å²) in [6.07, 6.45) is 7.85. The van der Waals surface area contributed by atoms with Crippen LogP contribution in [-0.2, 0) is 11.2 Å². The van der Waals surface area contributed by atoms with Gasteiger partial charge < -0.3 is 0 Å². The Morgan fingerprint density at radius 1 is 1.40 bits per heavy atom. The van der Waals surface area contributed by atoms with Crippen LogP contribution in [0.4, 0.5) is 0 Å². The van der Waals surface area contributed by atoms with Gasteiger partial charge in [0.2, 0.25) is 0 Å². The Labute approximate surface area is 120 Å². The Balaban J connectivity index is 1.40. The highest BCUT2D eigenvalue weighted by molar-refractivity contribution is 5.86. The molecule has 108 valence electrons. The topological polar surface area (TPSA) is 34.9 Å². The minimum atomic E-state index is 0.398. The highest BCUT2D eigenvalue weighted by Gasteiger charge is 2.66. The van der Waals surface area contributed by atoms with E-state index in [9.17, 15) is 4.79 Å². The predicted molar refractivity (Wildman–Crippen MR) is 77.2 cm³/mol. The standard InChI is InChI=1S/C17H24N2O/c1-3-10(2)19-7-6-13(18-19)9-14(20)17-15-11-4-5-12(8-11)16(15)17/h6-7,10-12,15-17H,3-5,8-9H2,1-2H3. The van der Waals surface area contributed by atoms with Gasteiger partial charge in [-0.25, -0.2) is 0 Å². The Kier molecular flexibility index (Phi) is 2.80. The summed E-state index contributed by atoms with van der Waals surface area (Å²) in [5, 5.41) is 4.57. The van der Waals surface area contributed by atoms with Gasteiger partial charge >= 0.3 is 0 Å². The molecule has 3 nitrogen and oxygen atoms in total. The van der Waals surface area contributed by atoms with E-state index in [4.69, 9.17) is 0 Å². The van der Waals surface area contributed by atoms with Gasteiger partial charge in [0.1, 0.15) is 5.78 Å². The first-order valence-electron chi connectivity index (χ1n) is 8.25. The van der Waals surface area contributed by atoms with Crippen molar-refractivity contribution in [1.82, 2.24) is 9.78 Å². The molecule has 0 radical (unpaired) electrons. The zero-order valence-corrected chi connectivity index (χ0v) is 12.5. The number of aromatic nitrogens is 2. The van der Waals surface area contributed by atoms with Crippen LogP contribution >= 0.6 is 0 Å². The maximum atomic E-state index is 12.5. The molecule has 20 heavy (non-hydrogen) atoms. The van der Waals surface area contributed by atoms with Crippen molar-refractivity contribution in [2.24, 2.45) is 29.6 Å². The lowest BCUT2D eigenvalue weighted by molar-refractivity contribution is -0.120. The van der Waals surface area contributed by atoms with Crippen molar-refractivity contribution < 1.29 is 4.79 Å². The average Bonchev–Trinajstić information content (AvgIpc) is 2.84. The van der Waals surface area contributed by atoms with E-state index in [1.165, 1.54) is 19.3 Å². The van der Waals surface area contributed by atoms with Crippen molar-refractivity contribution in [1.29, 1.82) is 0 Å². The Morgan fingerprint density at radius 2 is 2.10 bits per heavy atom. The largest absolute Gasteiger partial charge is 0.299 e. The van der Waals surface area contributed by atoms with Gasteiger partial charge in [0.15, 0.2) is 0 Å². The van der Waals surface area contributed by atoms with Crippen molar-refractivity contribution in [3.8, 4) is 0 Å². The Morgan fingerprint density at radius 3 is 2.75 bits per heavy atom. The average molecular weight is 272 g/mol. The summed E-state index contributed by atoms with van der Waals surface area (Å²) in [7, 11) is 0. The van der Waals surface area contributed by atoms with Crippen LogP contribution in [-0.4, -0.2) is 15.6 Å². The second-order valence-electron chi connectivity index (χ2n) is 7.20. The number of fused-ring (bicyclic) bond motifs is 5. The number of rotatable bonds is 5. The van der Waals surface area contributed by atoms with E-state index in [0.717, 1.165) is 35.8 Å². The first-order valence-corrected chi connectivity index (χ1v) is 8.25. The van der Waals surface area contributed by atoms with Crippen LogP contribution in [0.3, 0.4) is 0 Å². The first kappa shape index (κ1) is 12.6. The predicted octanol–water partition coefficient (Wildman–Crippen LogP) is 3.26. The molecule has 2 bridgehead atoms. The number of ketones is 1. The third kappa shape index (κ3) is 1.78. The van der Waals surface area contributed by atoms with E-state index in [2.05, 4.69) is 18.9 Å². The fourth-order valence-corrected chi connectivity index (χ4v) is 4.96. The lowest BCUT2D eigenvalue weighted by atomic mass is 9.98. The lowest BCUT2D eigenvalue weighted by Gasteiger charge is -2.08. The Hall–Kier alpha value is -1.12. The van der Waals surface area contributed by atoms with Gasteiger partial charge in [-0.05, 0) is 62.3 Å². The smallest absolute Gasteiger partial charge is 0.142 e. The van der Waals surface area contributed by atoms with E-state index in [0.29, 0.717) is 24.2 Å². The molecule has 0 saturated heterocycles. The van der Waals surface area contributed by atoms with Crippen LogP contribution in [0.5, 0.6) is 0 Å². The van der Waals surface area contributed by atoms with E-state index in [1.807, 2.05) is 16.9 Å². The van der Waals surface area contributed by atoms with E-state index < -0.39 is 0 Å². The third-order valence-electron chi connectivity index (χ3n) is 6.17. The molecule has 0 N–H and O–H groups in total. The SMILES string of the molecule is CCC(C)n1ccc(CC(=O)C2C3C4CCC(C4)C23)n1. The normalized spacial score (nSPS) is 38.8. The zero-order chi connectivity index (χ0) is 13.9. The number of hydrogen-bond donors (Lipinski definition) is 0. The van der Waals surface area contributed by atoms with Crippen LogP contribution in [0, 0.1) is 29.6 Å². The van der Waals surface area contributed by atoms with Crippen molar-refractivity contribution in [3.05, 3.63) is 18.0 Å². The summed E-state index contributed by atoms with van der Waals surface area (Å²) in [5.41, 5.74) is 0.965. The van der Waals surface area contributed by atoms with E-state index in [-0.39, 0.29) is 0 Å². The van der Waals surface area contributed by atoms with Crippen molar-refractivity contribution in [3.63, 3.8) is 0 Å². The summed E-state index contributed by atoms with van der Waals surface area (Å²) in [6.45, 7) is 4.33. The van der Waals surface area contributed by atoms with Crippen LogP contribution in [0.2, 0.25) is 0 Å². The van der Waals surface area contributed by atoms with Gasteiger partial charge in [-0.1, -0.05) is 6.92 Å². The second-order valence-corrected chi connectivity index (χ2v) is 7.20. The number of carbonyl (C=O) groups is 1. The van der Waals surface area contributed by atoms with Crippen LogP contribution in [0.15, 0.2) is 12.3 Å². The summed E-state index contributed by atoms with van der Waals surface area (Å²) in [6, 6.07) is 2.45. The highest BCUT2D eigenvalue weighted by atomic mass is 16.1. The van der Waals surface area contributed by atoms with Gasteiger partial charge in [0, 0.05) is 18.2 Å². The van der Waals surface area contributed by atoms with Crippen LogP contribution in [0.1, 0.15) is 51.3 Å². The molecule has 0 amide bonds. The lowest BCUT2D eigenvalue weighted by Crippen LogP contribution is -2.13. The quantitative estimate of drug-likeness (QED) is 0.824. The van der Waals surface area contributed by atoms with Gasteiger partial charge in [-0.2, -0.15) is 5.10 Å². The maximum Gasteiger partial charge on any atom is 0.142 e. The minimum Gasteiger partial charge on any atom is -0.299 e. The number of nitrogens with zero attached hydrogens (tertiary/aromatic N) is 2. The molecule has 0 aliphatic heterocycles. The molecule has 1 aromatic rings. The molecule has 3 fully saturated rings. The van der Waals surface area contributed by atoms with Crippen LogP contribution < -0.4 is 0 Å². The molecule has 1 aromatic heterocycles. The molecule has 0 aromatic carbocycles. The molecule has 1 heterocycles. The first-order chi connectivity index (χ1) is 9.69. The van der Waals surface area contributed by atoms with Gasteiger partial charge in [0.05, 0.1) is 12.1 Å². The molecule has 3 aliphatic rings. The summed E-state index contributed by atoms with van der Waals surface area (Å²) >= 11 is 0. The molecule has 4 rings (SSSR count). The van der Waals surface area contributed by atoms with E-state index in [1.54, 1.807) is 0 Å².